The van der Waals surface area contributed by atoms with Gasteiger partial charge in [-0.15, -0.1) is 23.1 Å². The minimum Gasteiger partial charge on any atom is -0.299 e. The number of hydrogen-bond acceptors (Lipinski definition) is 4. The second-order valence-electron chi connectivity index (χ2n) is 3.23. The number of rotatable bonds is 1. The van der Waals surface area contributed by atoms with Gasteiger partial charge in [0.2, 0.25) is 0 Å². The zero-order valence-corrected chi connectivity index (χ0v) is 9.68. The first-order valence-corrected chi connectivity index (χ1v) is 6.46. The van der Waals surface area contributed by atoms with Gasteiger partial charge in [0.15, 0.2) is 0 Å². The Morgan fingerprint density at radius 3 is 3.08 bits per heavy atom. The molecule has 2 unspecified atom stereocenters. The topological polar surface area (TPSA) is 24.9 Å². The molecule has 1 aliphatic heterocycles. The van der Waals surface area contributed by atoms with Crippen LogP contribution >= 0.6 is 34.7 Å². The predicted molar refractivity (Wildman–Crippen MR) is 59.5 cm³/mol. The van der Waals surface area contributed by atoms with Gasteiger partial charge in [-0.1, -0.05) is 18.5 Å². The van der Waals surface area contributed by atoms with Crippen molar-refractivity contribution in [2.24, 2.45) is 5.92 Å². The molecule has 2 heterocycles. The van der Waals surface area contributed by atoms with Gasteiger partial charge in [0.05, 0.1) is 6.20 Å². The van der Waals surface area contributed by atoms with Gasteiger partial charge in [0.25, 0.3) is 0 Å². The first-order chi connectivity index (χ1) is 6.25. The van der Waals surface area contributed by atoms with E-state index in [-0.39, 0.29) is 0 Å². The molecule has 13 heavy (non-hydrogen) atoms. The second-order valence-corrected chi connectivity index (χ2v) is 6.06. The normalized spacial score (nSPS) is 29.1. The second kappa shape index (κ2) is 4.17. The quantitative estimate of drug-likeness (QED) is 0.809. The minimum atomic E-state index is 0.355. The average molecular weight is 235 g/mol. The van der Waals surface area contributed by atoms with E-state index in [0.717, 1.165) is 21.8 Å². The van der Waals surface area contributed by atoms with Gasteiger partial charge in [0, 0.05) is 0 Å². The maximum atomic E-state index is 5.83. The van der Waals surface area contributed by atoms with Crippen LogP contribution in [-0.2, 0) is 0 Å². The number of nitrogens with zero attached hydrogens (tertiary/aromatic N) is 1. The molecule has 2 nitrogen and oxygen atoms in total. The monoisotopic (exact) mass is 234 g/mol. The molecule has 1 aromatic heterocycles. The van der Waals surface area contributed by atoms with E-state index in [1.807, 2.05) is 11.8 Å². The first kappa shape index (κ1) is 9.77. The number of aromatic nitrogens is 1. The Hall–Kier alpha value is 0.230. The fraction of sp³-hybridized carbons (Fsp3) is 0.625. The van der Waals surface area contributed by atoms with Crippen molar-refractivity contribution in [2.75, 3.05) is 12.3 Å². The van der Waals surface area contributed by atoms with Crippen LogP contribution in [0.4, 0.5) is 0 Å². The summed E-state index contributed by atoms with van der Waals surface area (Å²) >= 11 is 9.31. The van der Waals surface area contributed by atoms with Crippen molar-refractivity contribution in [3.63, 3.8) is 0 Å². The Morgan fingerprint density at radius 1 is 1.69 bits per heavy atom. The van der Waals surface area contributed by atoms with Crippen molar-refractivity contribution in [3.8, 4) is 0 Å². The predicted octanol–water partition coefficient (Wildman–Crippen LogP) is 2.77. The Balaban J connectivity index is 2.02. The molecule has 2 rings (SSSR count). The van der Waals surface area contributed by atoms with Gasteiger partial charge in [0.1, 0.15) is 14.7 Å². The summed E-state index contributed by atoms with van der Waals surface area (Å²) in [5, 5.41) is 4.90. The third-order valence-corrected chi connectivity index (χ3v) is 4.73. The highest BCUT2D eigenvalue weighted by atomic mass is 35.5. The molecule has 0 aliphatic carbocycles. The van der Waals surface area contributed by atoms with Crippen LogP contribution in [-0.4, -0.2) is 17.3 Å². The standard InChI is InChI=1S/C8H11ClN2S2/c1-5-2-10-7(12-4-5)8-11-3-6(9)13-8/h3,5,7,10H,2,4H2,1H3. The summed E-state index contributed by atoms with van der Waals surface area (Å²) < 4.78 is 0.774. The van der Waals surface area contributed by atoms with Crippen molar-refractivity contribution in [1.29, 1.82) is 0 Å². The van der Waals surface area contributed by atoms with E-state index in [1.165, 1.54) is 5.75 Å². The minimum absolute atomic E-state index is 0.355. The maximum Gasteiger partial charge on any atom is 0.121 e. The van der Waals surface area contributed by atoms with Gasteiger partial charge in [-0.05, 0) is 18.2 Å². The van der Waals surface area contributed by atoms with E-state index < -0.39 is 0 Å². The molecule has 0 radical (unpaired) electrons. The van der Waals surface area contributed by atoms with Crippen LogP contribution in [0.15, 0.2) is 6.20 Å². The number of nitrogens with one attached hydrogen (secondary N) is 1. The molecule has 0 spiro atoms. The highest BCUT2D eigenvalue weighted by Crippen LogP contribution is 2.34. The fourth-order valence-corrected chi connectivity index (χ4v) is 3.53. The molecule has 1 aliphatic rings. The number of thiazole rings is 1. The molecule has 2 atom stereocenters. The van der Waals surface area contributed by atoms with Crippen LogP contribution in [0.5, 0.6) is 0 Å². The van der Waals surface area contributed by atoms with Crippen molar-refractivity contribution in [3.05, 3.63) is 15.5 Å². The van der Waals surface area contributed by atoms with Gasteiger partial charge in [-0.3, -0.25) is 5.32 Å². The van der Waals surface area contributed by atoms with Crippen LogP contribution in [0.1, 0.15) is 17.3 Å². The lowest BCUT2D eigenvalue weighted by molar-refractivity contribution is 0.528. The third kappa shape index (κ3) is 2.37. The van der Waals surface area contributed by atoms with Crippen molar-refractivity contribution in [2.45, 2.75) is 12.3 Å². The lowest BCUT2D eigenvalue weighted by Gasteiger charge is -2.25. The van der Waals surface area contributed by atoms with E-state index in [2.05, 4.69) is 17.2 Å². The van der Waals surface area contributed by atoms with Gasteiger partial charge in [-0.25, -0.2) is 4.98 Å². The van der Waals surface area contributed by atoms with Crippen molar-refractivity contribution >= 4 is 34.7 Å². The van der Waals surface area contributed by atoms with Crippen molar-refractivity contribution < 1.29 is 0 Å². The molecule has 0 bridgehead atoms. The first-order valence-electron chi connectivity index (χ1n) is 4.22. The third-order valence-electron chi connectivity index (χ3n) is 1.92. The summed E-state index contributed by atoms with van der Waals surface area (Å²) in [7, 11) is 0. The molecule has 72 valence electrons. The largest absolute Gasteiger partial charge is 0.299 e. The molecular formula is C8H11ClN2S2. The van der Waals surface area contributed by atoms with E-state index >= 15 is 0 Å². The lowest BCUT2D eigenvalue weighted by atomic mass is 10.2. The highest BCUT2D eigenvalue weighted by molar-refractivity contribution is 7.99. The molecule has 1 saturated heterocycles. The molecule has 1 aromatic rings. The molecule has 0 saturated carbocycles. The van der Waals surface area contributed by atoms with E-state index in [9.17, 15) is 0 Å². The molecule has 0 amide bonds. The van der Waals surface area contributed by atoms with E-state index in [1.54, 1.807) is 17.5 Å². The SMILES string of the molecule is CC1CNC(c2ncc(Cl)s2)SC1. The Morgan fingerprint density at radius 2 is 2.54 bits per heavy atom. The Bertz CT molecular complexity index is 281. The summed E-state index contributed by atoms with van der Waals surface area (Å²) in [6.07, 6.45) is 1.72. The Labute approximate surface area is 91.1 Å². The molecule has 0 aromatic carbocycles. The summed E-state index contributed by atoms with van der Waals surface area (Å²) in [5.41, 5.74) is 0. The van der Waals surface area contributed by atoms with Crippen LogP contribution < -0.4 is 5.32 Å². The smallest absolute Gasteiger partial charge is 0.121 e. The number of thioether (sulfide) groups is 1. The van der Waals surface area contributed by atoms with Crippen molar-refractivity contribution in [1.82, 2.24) is 10.3 Å². The molecule has 5 heteroatoms. The van der Waals surface area contributed by atoms with E-state index in [4.69, 9.17) is 11.6 Å². The highest BCUT2D eigenvalue weighted by Gasteiger charge is 2.21. The summed E-state index contributed by atoms with van der Waals surface area (Å²) in [6, 6.07) is 0. The molecule has 1 N–H and O–H groups in total. The Kier molecular flexibility index (Phi) is 3.14. The van der Waals surface area contributed by atoms with Gasteiger partial charge >= 0.3 is 0 Å². The summed E-state index contributed by atoms with van der Waals surface area (Å²) in [6.45, 7) is 3.33. The lowest BCUT2D eigenvalue weighted by Crippen LogP contribution is -2.31. The molecular weight excluding hydrogens is 224 g/mol. The van der Waals surface area contributed by atoms with Crippen LogP contribution in [0.2, 0.25) is 4.34 Å². The van der Waals surface area contributed by atoms with Crippen LogP contribution in [0.3, 0.4) is 0 Å². The zero-order chi connectivity index (χ0) is 9.26. The number of halogens is 1. The van der Waals surface area contributed by atoms with Crippen LogP contribution in [0.25, 0.3) is 0 Å². The summed E-state index contributed by atoms with van der Waals surface area (Å²) in [5.74, 6) is 1.96. The zero-order valence-electron chi connectivity index (χ0n) is 7.29. The average Bonchev–Trinajstić information content (AvgIpc) is 2.53. The van der Waals surface area contributed by atoms with Crippen LogP contribution in [0, 0.1) is 5.92 Å². The maximum absolute atomic E-state index is 5.83. The van der Waals surface area contributed by atoms with E-state index in [0.29, 0.717) is 5.37 Å². The van der Waals surface area contributed by atoms with Gasteiger partial charge < -0.3 is 0 Å². The summed E-state index contributed by atoms with van der Waals surface area (Å²) in [4.78, 5) is 4.27. The van der Waals surface area contributed by atoms with Gasteiger partial charge in [-0.2, -0.15) is 0 Å². The number of hydrogen-bond donors (Lipinski definition) is 1. The fourth-order valence-electron chi connectivity index (χ4n) is 1.23. The molecule has 1 fully saturated rings.